The molecule has 0 fully saturated rings. The van der Waals surface area contributed by atoms with Gasteiger partial charge in [0.15, 0.2) is 0 Å². The zero-order valence-electron chi connectivity index (χ0n) is 21.8. The molecule has 1 atom stereocenters. The zero-order valence-corrected chi connectivity index (χ0v) is 21.8. The molecule has 0 aliphatic carbocycles. The summed E-state index contributed by atoms with van der Waals surface area (Å²) in [4.78, 5) is 14.7. The predicted molar refractivity (Wildman–Crippen MR) is 149 cm³/mol. The molecule has 1 unspecified atom stereocenters. The Bertz CT molecular complexity index is 1630. The fourth-order valence-corrected chi connectivity index (χ4v) is 5.16. The van der Waals surface area contributed by atoms with Gasteiger partial charge in [-0.15, -0.1) is 0 Å². The van der Waals surface area contributed by atoms with E-state index in [1.807, 2.05) is 74.5 Å². The molecule has 0 amide bonds. The number of rotatable bonds is 10. The smallest absolute Gasteiger partial charge is 0.493 e. The van der Waals surface area contributed by atoms with Crippen LogP contribution in [-0.4, -0.2) is 55.6 Å². The highest BCUT2D eigenvalue weighted by atomic mass is 16.7. The van der Waals surface area contributed by atoms with Crippen molar-refractivity contribution in [1.29, 1.82) is 0 Å². The van der Waals surface area contributed by atoms with E-state index in [0.717, 1.165) is 55.5 Å². The quantitative estimate of drug-likeness (QED) is 0.144. The highest BCUT2D eigenvalue weighted by molar-refractivity contribution is 5.99. The number of nitrogens with zero attached hydrogens (tertiary/aromatic N) is 2. The van der Waals surface area contributed by atoms with Gasteiger partial charge in [0.2, 0.25) is 5.88 Å². The van der Waals surface area contributed by atoms with Crippen LogP contribution in [0.3, 0.4) is 0 Å². The monoisotopic (exact) mass is 529 g/mol. The molecule has 202 valence electrons. The van der Waals surface area contributed by atoms with Crippen LogP contribution >= 0.6 is 0 Å². The first-order valence-corrected chi connectivity index (χ1v) is 12.9. The zero-order chi connectivity index (χ0) is 27.5. The minimum Gasteiger partial charge on any atom is -0.493 e. The summed E-state index contributed by atoms with van der Waals surface area (Å²) in [5.41, 5.74) is 4.81. The summed E-state index contributed by atoms with van der Waals surface area (Å²) < 4.78 is 12.9. The van der Waals surface area contributed by atoms with Crippen LogP contribution in [0.25, 0.3) is 32.8 Å². The number of hydrogen-bond donors (Lipinski definition) is 4. The summed E-state index contributed by atoms with van der Waals surface area (Å²) in [6.45, 7) is 4.04. The number of aromatic nitrogens is 3. The molecule has 0 saturated carbocycles. The second-order valence-electron chi connectivity index (χ2n) is 9.52. The number of carboxylic acid groups (broad SMARTS) is 1. The van der Waals surface area contributed by atoms with Crippen LogP contribution in [0.2, 0.25) is 0 Å². The van der Waals surface area contributed by atoms with Gasteiger partial charge in [0.25, 0.3) is 0 Å². The lowest BCUT2D eigenvalue weighted by Gasteiger charge is -2.10. The van der Waals surface area contributed by atoms with Crippen LogP contribution in [0, 0.1) is 13.8 Å². The van der Waals surface area contributed by atoms with Crippen LogP contribution < -0.4 is 9.47 Å². The third kappa shape index (κ3) is 5.32. The molecule has 0 aliphatic heterocycles. The van der Waals surface area contributed by atoms with E-state index in [4.69, 9.17) is 9.47 Å². The third-order valence-corrected chi connectivity index (χ3v) is 6.92. The second-order valence-corrected chi connectivity index (χ2v) is 9.52. The summed E-state index contributed by atoms with van der Waals surface area (Å²) in [6.07, 6.45) is -1.13. The van der Waals surface area contributed by atoms with Crippen LogP contribution in [0.15, 0.2) is 60.7 Å². The van der Waals surface area contributed by atoms with Crippen LogP contribution in [-0.2, 0) is 13.0 Å². The van der Waals surface area contributed by atoms with Gasteiger partial charge in [-0.05, 0) is 38.1 Å². The van der Waals surface area contributed by atoms with Crippen molar-refractivity contribution < 1.29 is 29.6 Å². The van der Waals surface area contributed by atoms with E-state index in [0.29, 0.717) is 19.4 Å². The summed E-state index contributed by atoms with van der Waals surface area (Å²) in [6, 6.07) is 19.8. The molecule has 0 spiro atoms. The van der Waals surface area contributed by atoms with E-state index in [2.05, 4.69) is 10.1 Å². The van der Waals surface area contributed by atoms with Crippen LogP contribution in [0.5, 0.6) is 11.6 Å². The predicted octanol–water partition coefficient (Wildman–Crippen LogP) is 5.22. The number of para-hydroxylation sites is 1. The number of ether oxygens (including phenoxy) is 2. The lowest BCUT2D eigenvalue weighted by molar-refractivity contribution is 0.0777. The number of aryl methyl sites for hydroxylation is 2. The molecule has 2 heterocycles. The SMILES string of the molecule is Cc1nn(CC(O)CO)c(C)c1-c1cccc2c(CCCOc3cccc4ccccc34)c(OC(=O)O)[nH]c12. The number of fused-ring (bicyclic) bond motifs is 2. The number of aliphatic hydroxyl groups excluding tert-OH is 2. The van der Waals surface area contributed by atoms with Crippen molar-refractivity contribution in [3.8, 4) is 22.8 Å². The van der Waals surface area contributed by atoms with Crippen molar-refractivity contribution in [2.45, 2.75) is 39.3 Å². The summed E-state index contributed by atoms with van der Waals surface area (Å²) in [5, 5.41) is 36.2. The number of aromatic amines is 1. The molecule has 39 heavy (non-hydrogen) atoms. The minimum absolute atomic E-state index is 0.166. The number of nitrogens with one attached hydrogen (secondary N) is 1. The number of hydrogen-bond acceptors (Lipinski definition) is 6. The third-order valence-electron chi connectivity index (χ3n) is 6.92. The Balaban J connectivity index is 1.44. The maximum Gasteiger partial charge on any atom is 0.512 e. The van der Waals surface area contributed by atoms with Gasteiger partial charge in [-0.25, -0.2) is 4.79 Å². The molecule has 0 saturated heterocycles. The maximum atomic E-state index is 11.5. The van der Waals surface area contributed by atoms with Crippen molar-refractivity contribution in [2.24, 2.45) is 0 Å². The topological polar surface area (TPSA) is 130 Å². The van der Waals surface area contributed by atoms with Crippen molar-refractivity contribution in [2.75, 3.05) is 13.2 Å². The Kier molecular flexibility index (Phi) is 7.53. The minimum atomic E-state index is -1.39. The lowest BCUT2D eigenvalue weighted by atomic mass is 9.99. The van der Waals surface area contributed by atoms with Crippen LogP contribution in [0.1, 0.15) is 23.4 Å². The molecule has 9 nitrogen and oxygen atoms in total. The van der Waals surface area contributed by atoms with Gasteiger partial charge in [0, 0.05) is 33.2 Å². The van der Waals surface area contributed by atoms with Gasteiger partial charge in [0.05, 0.1) is 37.1 Å². The van der Waals surface area contributed by atoms with Gasteiger partial charge >= 0.3 is 6.16 Å². The molecule has 0 aliphatic rings. The van der Waals surface area contributed by atoms with Crippen molar-refractivity contribution in [1.82, 2.24) is 14.8 Å². The molecule has 3 aromatic carbocycles. The highest BCUT2D eigenvalue weighted by Crippen LogP contribution is 2.38. The fraction of sp³-hybridized carbons (Fsp3) is 0.267. The van der Waals surface area contributed by atoms with Gasteiger partial charge < -0.3 is 29.8 Å². The summed E-state index contributed by atoms with van der Waals surface area (Å²) in [5.74, 6) is 0.999. The number of aliphatic hydroxyl groups is 2. The van der Waals surface area contributed by atoms with Crippen LogP contribution in [0.4, 0.5) is 4.79 Å². The summed E-state index contributed by atoms with van der Waals surface area (Å²) in [7, 11) is 0. The average Bonchev–Trinajstić information content (AvgIpc) is 3.41. The van der Waals surface area contributed by atoms with Gasteiger partial charge in [-0.3, -0.25) is 4.68 Å². The Hall–Kier alpha value is -4.34. The Morgan fingerprint density at radius 3 is 2.59 bits per heavy atom. The molecular formula is C30H31N3O6. The van der Waals surface area contributed by atoms with E-state index >= 15 is 0 Å². The van der Waals surface area contributed by atoms with Crippen molar-refractivity contribution in [3.63, 3.8) is 0 Å². The maximum absolute atomic E-state index is 11.5. The second kappa shape index (κ2) is 11.2. The first kappa shape index (κ1) is 26.3. The molecule has 4 N–H and O–H groups in total. The molecule has 5 rings (SSSR count). The van der Waals surface area contributed by atoms with Gasteiger partial charge in [-0.2, -0.15) is 5.10 Å². The molecule has 0 bridgehead atoms. The Morgan fingerprint density at radius 1 is 1.05 bits per heavy atom. The molecule has 9 heteroatoms. The Morgan fingerprint density at radius 2 is 1.79 bits per heavy atom. The van der Waals surface area contributed by atoms with E-state index in [9.17, 15) is 20.1 Å². The van der Waals surface area contributed by atoms with Gasteiger partial charge in [0.1, 0.15) is 5.75 Å². The van der Waals surface area contributed by atoms with E-state index in [1.54, 1.807) is 4.68 Å². The van der Waals surface area contributed by atoms with E-state index in [1.165, 1.54) is 0 Å². The molecule has 2 aromatic heterocycles. The molecular weight excluding hydrogens is 498 g/mol. The van der Waals surface area contributed by atoms with Crippen molar-refractivity contribution >= 4 is 27.8 Å². The van der Waals surface area contributed by atoms with E-state index < -0.39 is 12.3 Å². The van der Waals surface area contributed by atoms with Crippen molar-refractivity contribution in [3.05, 3.63) is 77.6 Å². The first-order chi connectivity index (χ1) is 18.9. The molecule has 0 radical (unpaired) electrons. The normalized spacial score (nSPS) is 12.2. The average molecular weight is 530 g/mol. The molecule has 5 aromatic rings. The number of carbonyl (C=O) groups is 1. The summed E-state index contributed by atoms with van der Waals surface area (Å²) >= 11 is 0. The Labute approximate surface area is 225 Å². The number of benzene rings is 3. The standard InChI is InChI=1S/C30H31N3O6/c1-18-27(19(2)33(32-18)16-21(35)17-34)25-12-6-11-23-24(29(31-28(23)25)39-30(36)37)13-7-15-38-26-14-5-9-20-8-3-4-10-22(20)26/h3-6,8-12,14,21,31,34-35H,7,13,15-17H2,1-2H3,(H,36,37). The first-order valence-electron chi connectivity index (χ1n) is 12.9. The number of H-pyrrole nitrogens is 1. The largest absolute Gasteiger partial charge is 0.512 e. The highest BCUT2D eigenvalue weighted by Gasteiger charge is 2.22. The fourth-order valence-electron chi connectivity index (χ4n) is 5.16. The van der Waals surface area contributed by atoms with Gasteiger partial charge in [-0.1, -0.05) is 54.6 Å². The lowest BCUT2D eigenvalue weighted by Crippen LogP contribution is -2.21. The van der Waals surface area contributed by atoms with E-state index in [-0.39, 0.29) is 19.0 Å².